The molecule has 0 aliphatic carbocycles. The van der Waals surface area contributed by atoms with Gasteiger partial charge in [0, 0.05) is 13.1 Å². The van der Waals surface area contributed by atoms with Crippen LogP contribution in [0.1, 0.15) is 19.8 Å². The maximum absolute atomic E-state index is 5.59. The van der Waals surface area contributed by atoms with Crippen molar-refractivity contribution in [2.24, 2.45) is 5.92 Å². The summed E-state index contributed by atoms with van der Waals surface area (Å²) in [5.41, 5.74) is 6.30. The van der Waals surface area contributed by atoms with Crippen LogP contribution in [-0.2, 0) is 0 Å². The third-order valence-corrected chi connectivity index (χ3v) is 3.19. The Hall–Kier alpha value is -1.29. The van der Waals surface area contributed by atoms with E-state index in [1.807, 2.05) is 12.1 Å². The van der Waals surface area contributed by atoms with Crippen LogP contribution in [-0.4, -0.2) is 36.1 Å². The van der Waals surface area contributed by atoms with Crippen molar-refractivity contribution in [2.75, 3.05) is 37.2 Å². The van der Waals surface area contributed by atoms with Gasteiger partial charge in [-0.05, 0) is 44.0 Å². The normalized spacial score (nSPS) is 18.2. The van der Waals surface area contributed by atoms with Gasteiger partial charge in [-0.2, -0.15) is 0 Å². The number of aromatic nitrogens is 1. The standard InChI is InChI=1S/C13H22N4/c1-11(10-17-6-2-3-7-17)8-15-13-5-4-12(14)9-16-13/h4-5,9,11H,2-3,6-8,10,14H2,1H3,(H,15,16). The molecule has 1 aromatic heterocycles. The monoisotopic (exact) mass is 234 g/mol. The number of hydrogen-bond acceptors (Lipinski definition) is 4. The van der Waals surface area contributed by atoms with Crippen LogP contribution in [0, 0.1) is 5.92 Å². The van der Waals surface area contributed by atoms with Crippen molar-refractivity contribution in [1.82, 2.24) is 9.88 Å². The van der Waals surface area contributed by atoms with E-state index in [1.165, 1.54) is 32.5 Å². The Bertz CT molecular complexity index is 330. The highest BCUT2D eigenvalue weighted by molar-refractivity contribution is 5.43. The fourth-order valence-corrected chi connectivity index (χ4v) is 2.26. The molecule has 1 atom stereocenters. The quantitative estimate of drug-likeness (QED) is 0.816. The Kier molecular flexibility index (Phi) is 4.20. The van der Waals surface area contributed by atoms with Crippen molar-refractivity contribution < 1.29 is 0 Å². The summed E-state index contributed by atoms with van der Waals surface area (Å²) in [6.45, 7) is 6.97. The minimum atomic E-state index is 0.646. The summed E-state index contributed by atoms with van der Waals surface area (Å²) in [6, 6.07) is 3.80. The third kappa shape index (κ3) is 3.89. The van der Waals surface area contributed by atoms with Crippen molar-refractivity contribution in [3.8, 4) is 0 Å². The van der Waals surface area contributed by atoms with Gasteiger partial charge >= 0.3 is 0 Å². The van der Waals surface area contributed by atoms with E-state index in [1.54, 1.807) is 6.20 Å². The molecular weight excluding hydrogens is 212 g/mol. The molecule has 1 aliphatic rings. The van der Waals surface area contributed by atoms with E-state index in [0.29, 0.717) is 11.6 Å². The largest absolute Gasteiger partial charge is 0.397 e. The van der Waals surface area contributed by atoms with Gasteiger partial charge in [-0.1, -0.05) is 6.92 Å². The van der Waals surface area contributed by atoms with Crippen molar-refractivity contribution in [2.45, 2.75) is 19.8 Å². The van der Waals surface area contributed by atoms with Crippen LogP contribution in [0.2, 0.25) is 0 Å². The first-order valence-electron chi connectivity index (χ1n) is 6.42. The Morgan fingerprint density at radius 3 is 2.82 bits per heavy atom. The fraction of sp³-hybridized carbons (Fsp3) is 0.615. The second-order valence-electron chi connectivity index (χ2n) is 4.97. The maximum atomic E-state index is 5.59. The first-order valence-corrected chi connectivity index (χ1v) is 6.42. The molecule has 1 fully saturated rings. The summed E-state index contributed by atoms with van der Waals surface area (Å²) in [4.78, 5) is 6.78. The van der Waals surface area contributed by atoms with Gasteiger partial charge in [-0.15, -0.1) is 0 Å². The number of hydrogen-bond donors (Lipinski definition) is 2. The fourth-order valence-electron chi connectivity index (χ4n) is 2.26. The lowest BCUT2D eigenvalue weighted by Crippen LogP contribution is -2.29. The summed E-state index contributed by atoms with van der Waals surface area (Å²) in [7, 11) is 0. The third-order valence-electron chi connectivity index (χ3n) is 3.19. The number of nitrogens with one attached hydrogen (secondary N) is 1. The van der Waals surface area contributed by atoms with E-state index in [4.69, 9.17) is 5.73 Å². The second kappa shape index (κ2) is 5.87. The van der Waals surface area contributed by atoms with Gasteiger partial charge in [0.1, 0.15) is 5.82 Å². The van der Waals surface area contributed by atoms with E-state index in [-0.39, 0.29) is 0 Å². The Balaban J connectivity index is 1.71. The minimum absolute atomic E-state index is 0.646. The first kappa shape index (κ1) is 12.2. The molecule has 0 spiro atoms. The zero-order chi connectivity index (χ0) is 12.1. The lowest BCUT2D eigenvalue weighted by molar-refractivity contribution is 0.294. The molecule has 0 saturated carbocycles. The molecular formula is C13H22N4. The van der Waals surface area contributed by atoms with E-state index in [2.05, 4.69) is 22.1 Å². The zero-order valence-corrected chi connectivity index (χ0v) is 10.5. The Morgan fingerprint density at radius 1 is 1.41 bits per heavy atom. The molecule has 3 N–H and O–H groups in total. The molecule has 1 unspecified atom stereocenters. The van der Waals surface area contributed by atoms with Gasteiger partial charge < -0.3 is 16.0 Å². The number of nitrogen functional groups attached to an aromatic ring is 1. The molecule has 1 aromatic rings. The number of anilines is 2. The molecule has 94 valence electrons. The van der Waals surface area contributed by atoms with Crippen molar-refractivity contribution in [3.63, 3.8) is 0 Å². The predicted octanol–water partition coefficient (Wildman–Crippen LogP) is 1.81. The molecule has 2 heterocycles. The number of nitrogens with zero attached hydrogens (tertiary/aromatic N) is 2. The molecule has 0 bridgehead atoms. The van der Waals surface area contributed by atoms with Crippen molar-refractivity contribution in [1.29, 1.82) is 0 Å². The zero-order valence-electron chi connectivity index (χ0n) is 10.5. The summed E-state index contributed by atoms with van der Waals surface area (Å²) >= 11 is 0. The average molecular weight is 234 g/mol. The molecule has 0 amide bonds. The number of nitrogens with two attached hydrogens (primary N) is 1. The number of likely N-dealkylation sites (tertiary alicyclic amines) is 1. The molecule has 1 aliphatic heterocycles. The Labute approximate surface area is 103 Å². The van der Waals surface area contributed by atoms with Gasteiger partial charge in [-0.3, -0.25) is 0 Å². The molecule has 4 heteroatoms. The van der Waals surface area contributed by atoms with Gasteiger partial charge in [-0.25, -0.2) is 4.98 Å². The minimum Gasteiger partial charge on any atom is -0.397 e. The second-order valence-corrected chi connectivity index (χ2v) is 4.97. The van der Waals surface area contributed by atoms with Crippen LogP contribution in [0.15, 0.2) is 18.3 Å². The first-order chi connectivity index (χ1) is 8.24. The molecule has 4 nitrogen and oxygen atoms in total. The number of rotatable bonds is 5. The summed E-state index contributed by atoms with van der Waals surface area (Å²) < 4.78 is 0. The van der Waals surface area contributed by atoms with Crippen LogP contribution in [0.25, 0.3) is 0 Å². The van der Waals surface area contributed by atoms with Crippen LogP contribution in [0.3, 0.4) is 0 Å². The van der Waals surface area contributed by atoms with Gasteiger partial charge in [0.2, 0.25) is 0 Å². The van der Waals surface area contributed by atoms with E-state index in [0.717, 1.165) is 12.4 Å². The number of pyridine rings is 1. The van der Waals surface area contributed by atoms with E-state index < -0.39 is 0 Å². The highest BCUT2D eigenvalue weighted by Crippen LogP contribution is 2.11. The van der Waals surface area contributed by atoms with E-state index >= 15 is 0 Å². The van der Waals surface area contributed by atoms with E-state index in [9.17, 15) is 0 Å². The SMILES string of the molecule is CC(CNc1ccc(N)cn1)CN1CCCC1. The predicted molar refractivity (Wildman–Crippen MR) is 72.0 cm³/mol. The lowest BCUT2D eigenvalue weighted by Gasteiger charge is -2.20. The van der Waals surface area contributed by atoms with Gasteiger partial charge in [0.15, 0.2) is 0 Å². The van der Waals surface area contributed by atoms with Crippen LogP contribution >= 0.6 is 0 Å². The van der Waals surface area contributed by atoms with Crippen molar-refractivity contribution >= 4 is 11.5 Å². The molecule has 17 heavy (non-hydrogen) atoms. The molecule has 0 radical (unpaired) electrons. The van der Waals surface area contributed by atoms with Crippen LogP contribution in [0.4, 0.5) is 11.5 Å². The Morgan fingerprint density at radius 2 is 2.18 bits per heavy atom. The summed E-state index contributed by atoms with van der Waals surface area (Å²) in [5.74, 6) is 1.56. The van der Waals surface area contributed by atoms with Crippen molar-refractivity contribution in [3.05, 3.63) is 18.3 Å². The molecule has 0 aromatic carbocycles. The smallest absolute Gasteiger partial charge is 0.126 e. The summed E-state index contributed by atoms with van der Waals surface area (Å²) in [5, 5.41) is 3.35. The topological polar surface area (TPSA) is 54.2 Å². The molecule has 1 saturated heterocycles. The molecule has 2 rings (SSSR count). The highest BCUT2D eigenvalue weighted by atomic mass is 15.1. The van der Waals surface area contributed by atoms with Gasteiger partial charge in [0.25, 0.3) is 0 Å². The maximum Gasteiger partial charge on any atom is 0.126 e. The van der Waals surface area contributed by atoms with Crippen LogP contribution in [0.5, 0.6) is 0 Å². The highest BCUT2D eigenvalue weighted by Gasteiger charge is 2.14. The average Bonchev–Trinajstić information content (AvgIpc) is 2.81. The van der Waals surface area contributed by atoms with Crippen LogP contribution < -0.4 is 11.1 Å². The van der Waals surface area contributed by atoms with Gasteiger partial charge in [0.05, 0.1) is 11.9 Å². The lowest BCUT2D eigenvalue weighted by atomic mass is 10.1. The summed E-state index contributed by atoms with van der Waals surface area (Å²) in [6.07, 6.45) is 4.41.